The molecule has 0 saturated carbocycles. The first-order chi connectivity index (χ1) is 27.0. The van der Waals surface area contributed by atoms with E-state index in [2.05, 4.69) is 5.16 Å². The second kappa shape index (κ2) is 21.5. The van der Waals surface area contributed by atoms with Crippen molar-refractivity contribution in [3.63, 3.8) is 0 Å². The van der Waals surface area contributed by atoms with E-state index in [0.29, 0.717) is 18.7 Å². The number of carbonyl (C=O) groups excluding carboxylic acids is 1. The summed E-state index contributed by atoms with van der Waals surface area (Å²) in [5.74, 6) is -4.14. The minimum atomic E-state index is -1.97. The van der Waals surface area contributed by atoms with Gasteiger partial charge in [-0.1, -0.05) is 32.9 Å². The fourth-order valence-corrected chi connectivity index (χ4v) is 8.93. The SMILES string of the molecule is CC[C@H]1OC(=O)[C@H](C)[C@@H](O[C@H]2C[C@@](C)(OC)[C@@H](O)[C@H](C)O2)[C@H](C)[C@@H](O[C@H]2O[C@H](C)C[C@H](N(C)C)[C@H]2O)[C@](C)(O)C[C@@H](C)C(=NOCOCCOC)[C@H](C)[C@@H](O)[C@]1(C)O. The molecular weight excluding hydrogens is 760 g/mol. The predicted molar refractivity (Wildman–Crippen MR) is 212 cm³/mol. The van der Waals surface area contributed by atoms with Crippen LogP contribution in [0.25, 0.3) is 0 Å². The molecule has 0 aromatic heterocycles. The molecule has 17 nitrogen and oxygen atoms in total. The van der Waals surface area contributed by atoms with E-state index in [1.54, 1.807) is 55.6 Å². The molecule has 3 heterocycles. The summed E-state index contributed by atoms with van der Waals surface area (Å²) in [6.07, 6.45) is -9.49. The summed E-state index contributed by atoms with van der Waals surface area (Å²) < 4.78 is 48.1. The summed E-state index contributed by atoms with van der Waals surface area (Å²) in [4.78, 5) is 21.8. The van der Waals surface area contributed by atoms with Crippen LogP contribution in [-0.4, -0.2) is 175 Å². The number of carbonyl (C=O) groups is 1. The van der Waals surface area contributed by atoms with Gasteiger partial charge in [0.15, 0.2) is 12.6 Å². The van der Waals surface area contributed by atoms with Crippen LogP contribution in [0.1, 0.15) is 94.9 Å². The lowest BCUT2D eigenvalue weighted by Crippen LogP contribution is -2.61. The molecule has 5 N–H and O–H groups in total. The van der Waals surface area contributed by atoms with Gasteiger partial charge in [-0.15, -0.1) is 0 Å². The smallest absolute Gasteiger partial charge is 0.311 e. The maximum Gasteiger partial charge on any atom is 0.311 e. The van der Waals surface area contributed by atoms with Crippen molar-refractivity contribution in [2.24, 2.45) is 28.8 Å². The van der Waals surface area contributed by atoms with Crippen LogP contribution in [0.2, 0.25) is 0 Å². The normalized spacial score (nSPS) is 45.8. The molecular formula is C41H76N2O15. The summed E-state index contributed by atoms with van der Waals surface area (Å²) in [7, 11) is 6.76. The Morgan fingerprint density at radius 1 is 0.897 bits per heavy atom. The monoisotopic (exact) mass is 837 g/mol. The fraction of sp³-hybridized carbons (Fsp3) is 0.951. The van der Waals surface area contributed by atoms with E-state index in [-0.39, 0.29) is 44.8 Å². The van der Waals surface area contributed by atoms with Gasteiger partial charge in [-0.05, 0) is 74.9 Å². The number of aliphatic hydroxyl groups excluding tert-OH is 3. The Morgan fingerprint density at radius 3 is 2.14 bits per heavy atom. The van der Waals surface area contributed by atoms with Crippen molar-refractivity contribution in [2.45, 2.75) is 179 Å². The molecule has 3 aliphatic rings. The maximum absolute atomic E-state index is 14.3. The van der Waals surface area contributed by atoms with Gasteiger partial charge < -0.3 is 73.2 Å². The summed E-state index contributed by atoms with van der Waals surface area (Å²) in [5.41, 5.74) is -4.49. The van der Waals surface area contributed by atoms with E-state index < -0.39 is 102 Å². The Bertz CT molecular complexity index is 1300. The average molecular weight is 837 g/mol. The van der Waals surface area contributed by atoms with Crippen molar-refractivity contribution >= 4 is 11.7 Å². The molecule has 0 bridgehead atoms. The highest BCUT2D eigenvalue weighted by Gasteiger charge is 2.53. The molecule has 3 aliphatic heterocycles. The van der Waals surface area contributed by atoms with Crippen LogP contribution in [0, 0.1) is 23.7 Å². The quantitative estimate of drug-likeness (QED) is 0.0778. The maximum atomic E-state index is 14.3. The predicted octanol–water partition coefficient (Wildman–Crippen LogP) is 2.21. The van der Waals surface area contributed by atoms with Gasteiger partial charge in [0.05, 0.1) is 66.6 Å². The zero-order valence-electron chi connectivity index (χ0n) is 37.3. The Kier molecular flexibility index (Phi) is 18.8. The number of esters is 1. The third-order valence-corrected chi connectivity index (χ3v) is 12.6. The minimum absolute atomic E-state index is 0.0307. The van der Waals surface area contributed by atoms with E-state index in [4.69, 9.17) is 42.7 Å². The number of ether oxygens (including phenoxy) is 8. The van der Waals surface area contributed by atoms with Crippen LogP contribution in [0.5, 0.6) is 0 Å². The van der Waals surface area contributed by atoms with E-state index >= 15 is 0 Å². The molecule has 3 saturated heterocycles. The summed E-state index contributed by atoms with van der Waals surface area (Å²) in [6.45, 7) is 17.3. The number of likely N-dealkylation sites (N-methyl/N-ethyl adjacent to an activating group) is 1. The van der Waals surface area contributed by atoms with Gasteiger partial charge in [-0.2, -0.15) is 0 Å². The van der Waals surface area contributed by atoms with Crippen molar-refractivity contribution in [1.29, 1.82) is 0 Å². The van der Waals surface area contributed by atoms with Gasteiger partial charge in [0, 0.05) is 44.4 Å². The topological polar surface area (TPSA) is 217 Å². The van der Waals surface area contributed by atoms with Crippen molar-refractivity contribution in [2.75, 3.05) is 48.3 Å². The van der Waals surface area contributed by atoms with E-state index in [1.807, 2.05) is 32.8 Å². The molecule has 18 atom stereocenters. The molecule has 0 aromatic carbocycles. The minimum Gasteiger partial charge on any atom is -0.459 e. The lowest BCUT2D eigenvalue weighted by molar-refractivity contribution is -0.317. The van der Waals surface area contributed by atoms with E-state index in [9.17, 15) is 30.3 Å². The molecule has 17 heteroatoms. The lowest BCUT2D eigenvalue weighted by Gasteiger charge is -2.49. The number of cyclic esters (lactones) is 1. The molecule has 3 fully saturated rings. The standard InChI is InChI=1S/C41H76N2O15/c1-15-29-41(10,49)34(45)24(4)31(42-53-21-52-17-16-50-13)22(2)19-39(8,48)36(58-38-32(44)28(43(11)12)18-23(3)54-38)25(5)33(26(6)37(47)56-29)57-30-20-40(9,51-14)35(46)27(7)55-30/h22-30,32-36,38,44-46,48-49H,15-21H2,1-14H3/t22-,23-,24+,25+,26-,27+,28+,29-,30+,32-,33+,34-,35+,36-,38-,39-,40-,41-/m1/s1. The number of methoxy groups -OCH3 is 2. The van der Waals surface area contributed by atoms with Crippen LogP contribution < -0.4 is 0 Å². The molecule has 0 amide bonds. The fourth-order valence-electron chi connectivity index (χ4n) is 8.93. The highest BCUT2D eigenvalue weighted by molar-refractivity contribution is 5.88. The van der Waals surface area contributed by atoms with Crippen LogP contribution in [0.4, 0.5) is 0 Å². The van der Waals surface area contributed by atoms with Crippen LogP contribution >= 0.6 is 0 Å². The van der Waals surface area contributed by atoms with Gasteiger partial charge >= 0.3 is 5.97 Å². The molecule has 58 heavy (non-hydrogen) atoms. The zero-order chi connectivity index (χ0) is 43.9. The summed E-state index contributed by atoms with van der Waals surface area (Å²) in [5, 5.41) is 63.6. The first-order valence-corrected chi connectivity index (χ1v) is 20.8. The Balaban J connectivity index is 2.22. The Hall–Kier alpha value is -1.58. The van der Waals surface area contributed by atoms with E-state index in [1.165, 1.54) is 14.0 Å². The number of hydrogen-bond acceptors (Lipinski definition) is 17. The Labute approximate surface area is 345 Å². The average Bonchev–Trinajstić information content (AvgIpc) is 3.15. The Morgan fingerprint density at radius 2 is 1.55 bits per heavy atom. The van der Waals surface area contributed by atoms with Gasteiger partial charge in [-0.3, -0.25) is 4.79 Å². The summed E-state index contributed by atoms with van der Waals surface area (Å²) in [6, 6.07) is -0.328. The van der Waals surface area contributed by atoms with Crippen LogP contribution in [0.3, 0.4) is 0 Å². The van der Waals surface area contributed by atoms with Gasteiger partial charge in [-0.25, -0.2) is 0 Å². The van der Waals surface area contributed by atoms with Crippen LogP contribution in [-0.2, 0) is 47.5 Å². The summed E-state index contributed by atoms with van der Waals surface area (Å²) >= 11 is 0. The van der Waals surface area contributed by atoms with Crippen molar-refractivity contribution in [3.05, 3.63) is 0 Å². The zero-order valence-corrected chi connectivity index (χ0v) is 37.3. The molecule has 0 aromatic rings. The molecule has 0 spiro atoms. The first-order valence-electron chi connectivity index (χ1n) is 20.8. The largest absolute Gasteiger partial charge is 0.459 e. The van der Waals surface area contributed by atoms with Crippen molar-refractivity contribution in [1.82, 2.24) is 4.90 Å². The number of rotatable bonds is 13. The molecule has 0 aliphatic carbocycles. The highest BCUT2D eigenvalue weighted by atomic mass is 16.7. The van der Waals surface area contributed by atoms with Gasteiger partial charge in [0.1, 0.15) is 23.9 Å². The third kappa shape index (κ3) is 12.1. The second-order valence-corrected chi connectivity index (χ2v) is 17.7. The van der Waals surface area contributed by atoms with E-state index in [0.717, 1.165) is 0 Å². The van der Waals surface area contributed by atoms with Crippen molar-refractivity contribution < 1.29 is 73.1 Å². The number of aliphatic hydroxyl groups is 5. The number of nitrogens with zero attached hydrogens (tertiary/aromatic N) is 2. The molecule has 3 rings (SSSR count). The number of oxime groups is 1. The number of hydrogen-bond donors (Lipinski definition) is 5. The third-order valence-electron chi connectivity index (χ3n) is 12.6. The lowest BCUT2D eigenvalue weighted by atomic mass is 9.73. The highest BCUT2D eigenvalue weighted by Crippen LogP contribution is 2.41. The second-order valence-electron chi connectivity index (χ2n) is 17.7. The molecule has 340 valence electrons. The first kappa shape index (κ1) is 50.8. The van der Waals surface area contributed by atoms with Crippen LogP contribution in [0.15, 0.2) is 5.16 Å². The molecule has 0 radical (unpaired) electrons. The van der Waals surface area contributed by atoms with Gasteiger partial charge in [0.2, 0.25) is 6.79 Å². The molecule has 0 unspecified atom stereocenters. The van der Waals surface area contributed by atoms with Crippen molar-refractivity contribution in [3.8, 4) is 0 Å². The van der Waals surface area contributed by atoms with Gasteiger partial charge in [0.25, 0.3) is 0 Å².